The van der Waals surface area contributed by atoms with Gasteiger partial charge in [0.25, 0.3) is 0 Å². The quantitative estimate of drug-likeness (QED) is 0.830. The average molecular weight is 372 g/mol. The van der Waals surface area contributed by atoms with Crippen molar-refractivity contribution in [2.24, 2.45) is 0 Å². The molecule has 0 aliphatic carbocycles. The second-order valence-electron chi connectivity index (χ2n) is 6.46. The number of nitrogens with zero attached hydrogens (tertiary/aromatic N) is 3. The molecule has 1 aliphatic rings. The molecule has 0 saturated carbocycles. The Labute approximate surface area is 158 Å². The lowest BCUT2D eigenvalue weighted by Crippen LogP contribution is -2.51. The summed E-state index contributed by atoms with van der Waals surface area (Å²) >= 11 is 6.01. The zero-order valence-electron chi connectivity index (χ0n) is 14.8. The minimum atomic E-state index is -0.314. The SMILES string of the molecule is CC(=O)N1CCN(C(=O)C(Cc2ccccn2)c2ccc(Cl)cc2)CC1. The van der Waals surface area contributed by atoms with E-state index in [1.54, 1.807) is 18.0 Å². The molecule has 1 aromatic heterocycles. The Hall–Kier alpha value is -2.40. The zero-order chi connectivity index (χ0) is 18.5. The predicted molar refractivity (Wildman–Crippen MR) is 101 cm³/mol. The molecule has 3 rings (SSSR count). The average Bonchev–Trinajstić information content (AvgIpc) is 2.67. The molecule has 2 aromatic rings. The number of pyridine rings is 1. The number of hydrogen-bond donors (Lipinski definition) is 0. The summed E-state index contributed by atoms with van der Waals surface area (Å²) in [4.78, 5) is 32.7. The summed E-state index contributed by atoms with van der Waals surface area (Å²) in [5.74, 6) is -0.188. The smallest absolute Gasteiger partial charge is 0.230 e. The van der Waals surface area contributed by atoms with E-state index in [1.807, 2.05) is 47.4 Å². The Bertz CT molecular complexity index is 756. The molecule has 1 unspecified atom stereocenters. The van der Waals surface area contributed by atoms with Crippen LogP contribution in [-0.4, -0.2) is 52.8 Å². The monoisotopic (exact) mass is 371 g/mol. The number of piperazine rings is 1. The molecule has 0 spiro atoms. The van der Waals surface area contributed by atoms with Gasteiger partial charge in [-0.05, 0) is 29.8 Å². The van der Waals surface area contributed by atoms with Gasteiger partial charge in [0.2, 0.25) is 11.8 Å². The first-order valence-electron chi connectivity index (χ1n) is 8.74. The number of rotatable bonds is 4. The number of halogens is 1. The van der Waals surface area contributed by atoms with Gasteiger partial charge in [0, 0.05) is 56.4 Å². The maximum absolute atomic E-state index is 13.2. The molecule has 0 N–H and O–H groups in total. The molecular weight excluding hydrogens is 350 g/mol. The molecule has 1 saturated heterocycles. The van der Waals surface area contributed by atoms with Crippen molar-refractivity contribution >= 4 is 23.4 Å². The van der Waals surface area contributed by atoms with E-state index in [2.05, 4.69) is 4.98 Å². The molecule has 6 heteroatoms. The molecule has 0 bridgehead atoms. The summed E-state index contributed by atoms with van der Waals surface area (Å²) in [6.07, 6.45) is 2.28. The van der Waals surface area contributed by atoms with E-state index in [0.717, 1.165) is 11.3 Å². The van der Waals surface area contributed by atoms with Crippen LogP contribution in [0.25, 0.3) is 0 Å². The van der Waals surface area contributed by atoms with E-state index >= 15 is 0 Å². The first kappa shape index (κ1) is 18.4. The molecule has 1 aromatic carbocycles. The van der Waals surface area contributed by atoms with Crippen molar-refractivity contribution in [3.05, 3.63) is 64.9 Å². The summed E-state index contributed by atoms with van der Waals surface area (Å²) in [5.41, 5.74) is 1.81. The van der Waals surface area contributed by atoms with Crippen LogP contribution in [0.5, 0.6) is 0 Å². The third kappa shape index (κ3) is 4.41. The summed E-state index contributed by atoms with van der Waals surface area (Å²) < 4.78 is 0. The maximum Gasteiger partial charge on any atom is 0.230 e. The van der Waals surface area contributed by atoms with Gasteiger partial charge in [-0.25, -0.2) is 0 Å². The highest BCUT2D eigenvalue weighted by molar-refractivity contribution is 6.30. The third-order valence-corrected chi connectivity index (χ3v) is 5.00. The first-order valence-corrected chi connectivity index (χ1v) is 9.12. The van der Waals surface area contributed by atoms with Gasteiger partial charge in [-0.15, -0.1) is 0 Å². The minimum Gasteiger partial charge on any atom is -0.339 e. The van der Waals surface area contributed by atoms with Gasteiger partial charge in [0.05, 0.1) is 5.92 Å². The second-order valence-corrected chi connectivity index (χ2v) is 6.90. The second kappa shape index (κ2) is 8.32. The highest BCUT2D eigenvalue weighted by Crippen LogP contribution is 2.25. The maximum atomic E-state index is 13.2. The van der Waals surface area contributed by atoms with E-state index in [9.17, 15) is 9.59 Å². The lowest BCUT2D eigenvalue weighted by atomic mass is 9.92. The summed E-state index contributed by atoms with van der Waals surface area (Å²) in [5, 5.41) is 0.646. The van der Waals surface area contributed by atoms with Crippen molar-refractivity contribution in [3.63, 3.8) is 0 Å². The summed E-state index contributed by atoms with van der Waals surface area (Å²) in [6.45, 7) is 3.85. The number of carbonyl (C=O) groups is 2. The standard InChI is InChI=1S/C20H22ClN3O2/c1-15(25)23-10-12-24(13-11-23)20(26)19(14-18-4-2-3-9-22-18)16-5-7-17(21)8-6-16/h2-9,19H,10-14H2,1H3. The van der Waals surface area contributed by atoms with E-state index in [-0.39, 0.29) is 17.7 Å². The fourth-order valence-corrected chi connectivity index (χ4v) is 3.36. The molecule has 5 nitrogen and oxygen atoms in total. The van der Waals surface area contributed by atoms with E-state index < -0.39 is 0 Å². The predicted octanol–water partition coefficient (Wildman–Crippen LogP) is 2.75. The Morgan fingerprint density at radius 3 is 2.27 bits per heavy atom. The minimum absolute atomic E-state index is 0.0554. The Kier molecular flexibility index (Phi) is 5.89. The van der Waals surface area contributed by atoms with Crippen molar-refractivity contribution in [2.75, 3.05) is 26.2 Å². The van der Waals surface area contributed by atoms with Crippen LogP contribution in [0.3, 0.4) is 0 Å². The molecule has 2 amide bonds. The van der Waals surface area contributed by atoms with Crippen LogP contribution in [0.4, 0.5) is 0 Å². The van der Waals surface area contributed by atoms with Gasteiger partial charge in [0.15, 0.2) is 0 Å². The topological polar surface area (TPSA) is 53.5 Å². The van der Waals surface area contributed by atoms with E-state index in [1.165, 1.54) is 0 Å². The van der Waals surface area contributed by atoms with Crippen LogP contribution >= 0.6 is 11.6 Å². The van der Waals surface area contributed by atoms with Crippen molar-refractivity contribution in [2.45, 2.75) is 19.3 Å². The fourth-order valence-electron chi connectivity index (χ4n) is 3.23. The van der Waals surface area contributed by atoms with Crippen molar-refractivity contribution < 1.29 is 9.59 Å². The highest BCUT2D eigenvalue weighted by atomic mass is 35.5. The summed E-state index contributed by atoms with van der Waals surface area (Å²) in [6, 6.07) is 13.1. The molecule has 26 heavy (non-hydrogen) atoms. The normalized spacial score (nSPS) is 15.6. The van der Waals surface area contributed by atoms with Gasteiger partial charge in [-0.3, -0.25) is 14.6 Å². The van der Waals surface area contributed by atoms with Crippen LogP contribution < -0.4 is 0 Å². The van der Waals surface area contributed by atoms with E-state index in [0.29, 0.717) is 37.6 Å². The van der Waals surface area contributed by atoms with Crippen LogP contribution in [0.15, 0.2) is 48.7 Å². The van der Waals surface area contributed by atoms with Crippen molar-refractivity contribution in [1.29, 1.82) is 0 Å². The molecule has 0 radical (unpaired) electrons. The molecule has 136 valence electrons. The Balaban J connectivity index is 1.79. The van der Waals surface area contributed by atoms with Crippen LogP contribution in [0, 0.1) is 0 Å². The van der Waals surface area contributed by atoms with Crippen molar-refractivity contribution in [3.8, 4) is 0 Å². The largest absolute Gasteiger partial charge is 0.339 e. The van der Waals surface area contributed by atoms with Crippen LogP contribution in [0.1, 0.15) is 24.1 Å². The molecular formula is C20H22ClN3O2. The highest BCUT2D eigenvalue weighted by Gasteiger charge is 2.29. The van der Waals surface area contributed by atoms with Gasteiger partial charge in [-0.1, -0.05) is 29.8 Å². The number of amides is 2. The van der Waals surface area contributed by atoms with Crippen LogP contribution in [0.2, 0.25) is 5.02 Å². The summed E-state index contributed by atoms with van der Waals surface area (Å²) in [7, 11) is 0. The van der Waals surface area contributed by atoms with Gasteiger partial charge < -0.3 is 9.80 Å². The fraction of sp³-hybridized carbons (Fsp3) is 0.350. The third-order valence-electron chi connectivity index (χ3n) is 4.75. The molecule has 2 heterocycles. The zero-order valence-corrected chi connectivity index (χ0v) is 15.5. The molecule has 1 aliphatic heterocycles. The van der Waals surface area contributed by atoms with Crippen LogP contribution in [-0.2, 0) is 16.0 Å². The molecule has 1 atom stereocenters. The Morgan fingerprint density at radius 1 is 1.04 bits per heavy atom. The van der Waals surface area contributed by atoms with Gasteiger partial charge >= 0.3 is 0 Å². The van der Waals surface area contributed by atoms with Gasteiger partial charge in [-0.2, -0.15) is 0 Å². The first-order chi connectivity index (χ1) is 12.5. The lowest BCUT2D eigenvalue weighted by molar-refractivity contribution is -0.139. The Morgan fingerprint density at radius 2 is 1.69 bits per heavy atom. The molecule has 1 fully saturated rings. The van der Waals surface area contributed by atoms with E-state index in [4.69, 9.17) is 11.6 Å². The van der Waals surface area contributed by atoms with Crippen molar-refractivity contribution in [1.82, 2.24) is 14.8 Å². The number of carbonyl (C=O) groups excluding carboxylic acids is 2. The number of benzene rings is 1. The lowest BCUT2D eigenvalue weighted by Gasteiger charge is -2.36. The van der Waals surface area contributed by atoms with Gasteiger partial charge in [0.1, 0.15) is 0 Å². The number of hydrogen-bond acceptors (Lipinski definition) is 3. The number of aromatic nitrogens is 1.